The number of nitrogens with one attached hydrogen (secondary N) is 2. The van der Waals surface area contributed by atoms with Gasteiger partial charge in [-0.25, -0.2) is 18.7 Å². The number of alkyl halides is 3. The number of nitrogen functional groups attached to an aromatic ring is 1. The van der Waals surface area contributed by atoms with Crippen LogP contribution >= 0.6 is 0 Å². The minimum absolute atomic E-state index is 0.0330. The van der Waals surface area contributed by atoms with E-state index in [1.165, 1.54) is 0 Å². The van der Waals surface area contributed by atoms with Gasteiger partial charge in [0.05, 0.1) is 17.4 Å². The first kappa shape index (κ1) is 27.9. The van der Waals surface area contributed by atoms with Crippen LogP contribution in [0.25, 0.3) is 22.2 Å². The van der Waals surface area contributed by atoms with Gasteiger partial charge in [0.1, 0.15) is 34.1 Å². The summed E-state index contributed by atoms with van der Waals surface area (Å²) in [4.78, 5) is 17.3. The molecule has 2 aliphatic heterocycles. The van der Waals surface area contributed by atoms with Crippen molar-refractivity contribution < 1.29 is 31.4 Å². The Kier molecular flexibility index (Phi) is 6.99. The van der Waals surface area contributed by atoms with Gasteiger partial charge in [0, 0.05) is 44.0 Å². The largest absolute Gasteiger partial charge is 0.474 e. The summed E-state index contributed by atoms with van der Waals surface area (Å²) in [7, 11) is 0. The zero-order valence-corrected chi connectivity index (χ0v) is 22.6. The van der Waals surface area contributed by atoms with Gasteiger partial charge in [0.15, 0.2) is 11.9 Å². The Labute approximate surface area is 236 Å². The molecule has 2 aliphatic rings. The first-order valence-electron chi connectivity index (χ1n) is 13.4. The van der Waals surface area contributed by atoms with Crippen molar-refractivity contribution in [1.82, 2.24) is 29.8 Å². The molecule has 0 bridgehead atoms. The lowest BCUT2D eigenvalue weighted by molar-refractivity contribution is -0.137. The number of pyridine rings is 1. The van der Waals surface area contributed by atoms with Crippen molar-refractivity contribution in [3.8, 4) is 23.1 Å². The Morgan fingerprint density at radius 1 is 1.10 bits per heavy atom. The second-order valence-electron chi connectivity index (χ2n) is 10.3. The molecule has 5 heterocycles. The summed E-state index contributed by atoms with van der Waals surface area (Å²) in [5.74, 6) is -1.86. The maximum atomic E-state index is 16.5. The number of ether oxygens (including phenoxy) is 2. The average molecular weight is 591 g/mol. The predicted molar refractivity (Wildman–Crippen MR) is 143 cm³/mol. The van der Waals surface area contributed by atoms with Crippen molar-refractivity contribution in [2.45, 2.75) is 51.6 Å². The van der Waals surface area contributed by atoms with Crippen LogP contribution in [0.15, 0.2) is 18.5 Å². The molecule has 2 unspecified atom stereocenters. The first-order valence-corrected chi connectivity index (χ1v) is 13.4. The van der Waals surface area contributed by atoms with E-state index in [-0.39, 0.29) is 28.6 Å². The zero-order valence-electron chi connectivity index (χ0n) is 22.6. The number of halogens is 5. The minimum atomic E-state index is -5.05. The summed E-state index contributed by atoms with van der Waals surface area (Å²) in [6, 6.07) is 0.513. The van der Waals surface area contributed by atoms with Gasteiger partial charge in [-0.3, -0.25) is 0 Å². The molecule has 3 aromatic heterocycles. The van der Waals surface area contributed by atoms with Gasteiger partial charge in [-0.15, -0.1) is 0 Å². The molecule has 0 saturated heterocycles. The summed E-state index contributed by atoms with van der Waals surface area (Å²) in [6.45, 7) is 4.83. The monoisotopic (exact) mass is 590 g/mol. The number of imidazole rings is 1. The van der Waals surface area contributed by atoms with E-state index < -0.39 is 58.1 Å². The van der Waals surface area contributed by atoms with Crippen molar-refractivity contribution in [3.05, 3.63) is 47.0 Å². The number of nitrogens with two attached hydrogens (primary N) is 1. The summed E-state index contributed by atoms with van der Waals surface area (Å²) in [5, 5.41) is 6.40. The smallest absolute Gasteiger partial charge is 0.417 e. The van der Waals surface area contributed by atoms with Crippen molar-refractivity contribution >= 4 is 22.4 Å². The summed E-state index contributed by atoms with van der Waals surface area (Å²) in [6.07, 6.45) is -1.51. The van der Waals surface area contributed by atoms with Crippen molar-refractivity contribution in [2.75, 3.05) is 30.7 Å². The van der Waals surface area contributed by atoms with Crippen molar-refractivity contribution in [1.29, 1.82) is 0 Å². The molecule has 2 atom stereocenters. The Morgan fingerprint density at radius 3 is 2.69 bits per heavy atom. The van der Waals surface area contributed by atoms with E-state index in [9.17, 15) is 17.6 Å². The fourth-order valence-electron chi connectivity index (χ4n) is 5.31. The van der Waals surface area contributed by atoms with Crippen LogP contribution in [0.3, 0.4) is 0 Å². The number of aryl methyl sites for hydroxylation is 1. The van der Waals surface area contributed by atoms with Crippen LogP contribution in [-0.2, 0) is 12.7 Å². The first-order chi connectivity index (χ1) is 20.0. The highest BCUT2D eigenvalue weighted by Crippen LogP contribution is 2.45. The highest BCUT2D eigenvalue weighted by atomic mass is 19.4. The number of fused-ring (bicyclic) bond motifs is 1. The molecule has 1 aromatic carbocycles. The molecule has 15 heteroatoms. The number of anilines is 2. The maximum absolute atomic E-state index is 16.5. The molecule has 0 fully saturated rings. The molecule has 10 nitrogen and oxygen atoms in total. The third-order valence-electron chi connectivity index (χ3n) is 7.35. The number of nitrogens with zero attached hydrogens (tertiary/aromatic N) is 5. The maximum Gasteiger partial charge on any atom is 0.417 e. The number of aromatic nitrogens is 5. The summed E-state index contributed by atoms with van der Waals surface area (Å²) in [5.41, 5.74) is 1.08. The lowest BCUT2D eigenvalue weighted by atomic mass is 9.96. The molecular formula is C27H27F5N8O2. The van der Waals surface area contributed by atoms with E-state index in [1.807, 2.05) is 4.57 Å². The number of benzene rings is 1. The van der Waals surface area contributed by atoms with Gasteiger partial charge in [0.2, 0.25) is 5.88 Å². The Hall–Kier alpha value is -4.27. The van der Waals surface area contributed by atoms with E-state index in [1.54, 1.807) is 19.3 Å². The third kappa shape index (κ3) is 4.91. The quantitative estimate of drug-likeness (QED) is 0.229. The van der Waals surface area contributed by atoms with Gasteiger partial charge in [-0.05, 0) is 38.4 Å². The number of hydrogen-bond donors (Lipinski definition) is 3. The molecule has 4 aromatic rings. The van der Waals surface area contributed by atoms with E-state index in [0.717, 1.165) is 13.0 Å². The third-order valence-corrected chi connectivity index (χ3v) is 7.35. The molecule has 222 valence electrons. The molecule has 4 N–H and O–H groups in total. The molecule has 0 amide bonds. The van der Waals surface area contributed by atoms with Gasteiger partial charge < -0.3 is 30.4 Å². The Bertz CT molecular complexity index is 1680. The van der Waals surface area contributed by atoms with Crippen LogP contribution in [-0.4, -0.2) is 50.2 Å². The molecule has 0 spiro atoms. The summed E-state index contributed by atoms with van der Waals surface area (Å²) < 4.78 is 87.8. The number of hydrogen-bond acceptors (Lipinski definition) is 9. The standard InChI is InChI=1S/C27H27F5N8O2/c1-12-3-5-34-6-7-35-23-17-22(38-26(39-23)42-16-4-9-40-10-8-36-24(16)40)20(29)21(37-25(17)41-12)14-11-15(33)19(28)13(2)18(14)27(30,31)32/h8,10-12,16,34H,3-7,9,33H2,1-2H3,(H,35,38,39). The van der Waals surface area contributed by atoms with Gasteiger partial charge >= 0.3 is 12.2 Å². The normalized spacial score (nSPS) is 19.1. The highest BCUT2D eigenvalue weighted by Gasteiger charge is 2.39. The average Bonchev–Trinajstić information content (AvgIpc) is 3.54. The van der Waals surface area contributed by atoms with Crippen LogP contribution in [0.2, 0.25) is 0 Å². The summed E-state index contributed by atoms with van der Waals surface area (Å²) >= 11 is 0. The van der Waals surface area contributed by atoms with Gasteiger partial charge in [-0.2, -0.15) is 23.1 Å². The van der Waals surface area contributed by atoms with Crippen LogP contribution in [0.5, 0.6) is 11.9 Å². The topological polar surface area (TPSA) is 125 Å². The second kappa shape index (κ2) is 10.5. The Balaban J connectivity index is 1.60. The van der Waals surface area contributed by atoms with E-state index in [4.69, 9.17) is 15.2 Å². The van der Waals surface area contributed by atoms with E-state index >= 15 is 4.39 Å². The predicted octanol–water partition coefficient (Wildman–Crippen LogP) is 4.77. The lowest BCUT2D eigenvalue weighted by Crippen LogP contribution is -2.26. The fraction of sp³-hybridized carbons (Fsp3) is 0.407. The molecule has 0 aliphatic carbocycles. The lowest BCUT2D eigenvalue weighted by Gasteiger charge is -2.21. The van der Waals surface area contributed by atoms with E-state index in [2.05, 4.69) is 30.6 Å². The van der Waals surface area contributed by atoms with Crippen molar-refractivity contribution in [2.24, 2.45) is 0 Å². The van der Waals surface area contributed by atoms with Crippen molar-refractivity contribution in [3.63, 3.8) is 0 Å². The minimum Gasteiger partial charge on any atom is -0.474 e. The molecule has 0 radical (unpaired) electrons. The van der Waals surface area contributed by atoms with Crippen LogP contribution in [0, 0.1) is 18.6 Å². The van der Waals surface area contributed by atoms with Crippen LogP contribution in [0.4, 0.5) is 33.5 Å². The zero-order chi connectivity index (χ0) is 29.8. The SMILES string of the molecule is Cc1c(F)c(N)cc(-c2nc3c4c(nc(OC5CCn6ccnc65)nc4c2F)NCCNCCC(C)O3)c1C(F)(F)F. The van der Waals surface area contributed by atoms with Crippen LogP contribution < -0.4 is 25.8 Å². The molecule has 42 heavy (non-hydrogen) atoms. The van der Waals surface area contributed by atoms with E-state index in [0.29, 0.717) is 44.8 Å². The second-order valence-corrected chi connectivity index (χ2v) is 10.3. The highest BCUT2D eigenvalue weighted by molar-refractivity contribution is 5.96. The molecular weight excluding hydrogens is 563 g/mol. The van der Waals surface area contributed by atoms with Gasteiger partial charge in [-0.1, -0.05) is 0 Å². The Morgan fingerprint density at radius 2 is 1.90 bits per heavy atom. The number of rotatable bonds is 3. The van der Waals surface area contributed by atoms with Gasteiger partial charge in [0.25, 0.3) is 0 Å². The fourth-order valence-corrected chi connectivity index (χ4v) is 5.31. The molecule has 0 saturated carbocycles. The van der Waals surface area contributed by atoms with Crippen LogP contribution in [0.1, 0.15) is 42.8 Å². The molecule has 6 rings (SSSR count).